The van der Waals surface area contributed by atoms with Crippen LogP contribution in [0.3, 0.4) is 0 Å². The first kappa shape index (κ1) is 29.6. The lowest BCUT2D eigenvalue weighted by Crippen LogP contribution is -1.97. The van der Waals surface area contributed by atoms with E-state index in [4.69, 9.17) is 14.4 Å². The van der Waals surface area contributed by atoms with Gasteiger partial charge in [0.05, 0.1) is 11.4 Å². The minimum Gasteiger partial charge on any atom is -0.455 e. The van der Waals surface area contributed by atoms with Crippen LogP contribution in [-0.2, 0) is 0 Å². The van der Waals surface area contributed by atoms with Crippen molar-refractivity contribution in [3.8, 4) is 56.2 Å². The molecule has 0 N–H and O–H groups in total. The van der Waals surface area contributed by atoms with Crippen LogP contribution in [0.1, 0.15) is 0 Å². The summed E-state index contributed by atoms with van der Waals surface area (Å²) in [4.78, 5) is 10.3. The highest BCUT2D eigenvalue weighted by Gasteiger charge is 2.21. The van der Waals surface area contributed by atoms with Crippen molar-refractivity contribution in [2.45, 2.75) is 0 Å². The van der Waals surface area contributed by atoms with Gasteiger partial charge < -0.3 is 4.42 Å². The molecule has 3 heteroatoms. The fourth-order valence-electron chi connectivity index (χ4n) is 8.15. The van der Waals surface area contributed by atoms with E-state index < -0.39 is 0 Å². The molecule has 0 saturated carbocycles. The van der Waals surface area contributed by atoms with Crippen LogP contribution < -0.4 is 0 Å². The first-order valence-corrected chi connectivity index (χ1v) is 18.0. The molecule has 2 heterocycles. The average Bonchev–Trinajstić information content (AvgIpc) is 3.62. The summed E-state index contributed by atoms with van der Waals surface area (Å²) in [5, 5.41) is 9.91. The molecule has 2 aromatic heterocycles. The number of fused-ring (bicyclic) bond motifs is 3. The van der Waals surface area contributed by atoms with Crippen molar-refractivity contribution >= 4 is 54.3 Å². The number of furan rings is 1. The Kier molecular flexibility index (Phi) is 6.55. The smallest absolute Gasteiger partial charge is 0.160 e. The van der Waals surface area contributed by atoms with E-state index in [0.29, 0.717) is 5.82 Å². The monoisotopic (exact) mass is 674 g/mol. The summed E-state index contributed by atoms with van der Waals surface area (Å²) < 4.78 is 6.72. The number of aromatic nitrogens is 2. The molecule has 11 aromatic rings. The number of benzene rings is 9. The van der Waals surface area contributed by atoms with Gasteiger partial charge in [-0.25, -0.2) is 9.97 Å². The molecule has 9 aromatic carbocycles. The Morgan fingerprint density at radius 3 is 1.75 bits per heavy atom. The van der Waals surface area contributed by atoms with Gasteiger partial charge in [0.25, 0.3) is 0 Å². The molecule has 0 saturated heterocycles. The molecular formula is C50H30N2O. The fraction of sp³-hybridized carbons (Fsp3) is 0. The molecule has 0 spiro atoms. The third-order valence-corrected chi connectivity index (χ3v) is 10.7. The summed E-state index contributed by atoms with van der Waals surface area (Å²) in [6.07, 6.45) is 0. The van der Waals surface area contributed by atoms with Gasteiger partial charge in [0.15, 0.2) is 5.82 Å². The highest BCUT2D eigenvalue weighted by molar-refractivity contribution is 6.25. The van der Waals surface area contributed by atoms with Crippen LogP contribution in [0, 0.1) is 0 Å². The predicted molar refractivity (Wildman–Crippen MR) is 220 cm³/mol. The SMILES string of the molecule is c1ccc(-c2cc(-c3ccc4c(oc5ccccc54)c3-c3ccc(-c4ccc5ccc6cccc7ccc4c5c67)cc3)nc(-c3ccccc3)n2)cc1. The van der Waals surface area contributed by atoms with Gasteiger partial charge in [-0.05, 0) is 67.2 Å². The Balaban J connectivity index is 1.13. The first-order chi connectivity index (χ1) is 26.3. The van der Waals surface area contributed by atoms with Crippen LogP contribution in [0.25, 0.3) is 110 Å². The van der Waals surface area contributed by atoms with Crippen LogP contribution in [0.2, 0.25) is 0 Å². The van der Waals surface area contributed by atoms with Crippen LogP contribution in [0.4, 0.5) is 0 Å². The zero-order valence-electron chi connectivity index (χ0n) is 28.6. The topological polar surface area (TPSA) is 38.9 Å². The Hall–Kier alpha value is -7.10. The van der Waals surface area contributed by atoms with Crippen molar-refractivity contribution < 1.29 is 4.42 Å². The van der Waals surface area contributed by atoms with Crippen LogP contribution >= 0.6 is 0 Å². The van der Waals surface area contributed by atoms with E-state index in [1.165, 1.54) is 43.4 Å². The first-order valence-electron chi connectivity index (χ1n) is 18.0. The van der Waals surface area contributed by atoms with Crippen molar-refractivity contribution in [3.05, 3.63) is 182 Å². The summed E-state index contributed by atoms with van der Waals surface area (Å²) in [7, 11) is 0. The number of rotatable bonds is 5. The second-order valence-corrected chi connectivity index (χ2v) is 13.7. The van der Waals surface area contributed by atoms with E-state index in [1.807, 2.05) is 48.5 Å². The Morgan fingerprint density at radius 2 is 0.962 bits per heavy atom. The summed E-state index contributed by atoms with van der Waals surface area (Å²) in [5.74, 6) is 0.682. The average molecular weight is 675 g/mol. The maximum absolute atomic E-state index is 6.72. The lowest BCUT2D eigenvalue weighted by Gasteiger charge is -2.15. The third-order valence-electron chi connectivity index (χ3n) is 10.7. The number of para-hydroxylation sites is 1. The van der Waals surface area contributed by atoms with Crippen molar-refractivity contribution in [2.24, 2.45) is 0 Å². The van der Waals surface area contributed by atoms with Gasteiger partial charge in [-0.1, -0.05) is 164 Å². The zero-order valence-corrected chi connectivity index (χ0v) is 28.6. The third kappa shape index (κ3) is 4.75. The van der Waals surface area contributed by atoms with Gasteiger partial charge in [0, 0.05) is 33.0 Å². The van der Waals surface area contributed by atoms with Gasteiger partial charge in [-0.2, -0.15) is 0 Å². The fourth-order valence-corrected chi connectivity index (χ4v) is 8.15. The number of nitrogens with zero attached hydrogens (tertiary/aromatic N) is 2. The predicted octanol–water partition coefficient (Wildman–Crippen LogP) is 13.6. The minimum absolute atomic E-state index is 0.682. The molecule has 0 atom stereocenters. The van der Waals surface area contributed by atoms with Gasteiger partial charge in [0.2, 0.25) is 0 Å². The molecular weight excluding hydrogens is 645 g/mol. The van der Waals surface area contributed by atoms with E-state index in [-0.39, 0.29) is 0 Å². The van der Waals surface area contributed by atoms with Crippen LogP contribution in [0.5, 0.6) is 0 Å². The molecule has 0 aliphatic rings. The van der Waals surface area contributed by atoms with Crippen molar-refractivity contribution in [3.63, 3.8) is 0 Å². The maximum Gasteiger partial charge on any atom is 0.160 e. The van der Waals surface area contributed by atoms with Gasteiger partial charge in [0.1, 0.15) is 11.2 Å². The normalized spacial score (nSPS) is 11.8. The number of hydrogen-bond acceptors (Lipinski definition) is 3. The van der Waals surface area contributed by atoms with E-state index in [0.717, 1.165) is 61.1 Å². The highest BCUT2D eigenvalue weighted by atomic mass is 16.3. The molecule has 0 aliphatic heterocycles. The molecule has 0 aliphatic carbocycles. The Labute approximate surface area is 305 Å². The van der Waals surface area contributed by atoms with E-state index in [1.54, 1.807) is 0 Å². The quantitative estimate of drug-likeness (QED) is 0.171. The van der Waals surface area contributed by atoms with E-state index in [9.17, 15) is 0 Å². The summed E-state index contributed by atoms with van der Waals surface area (Å²) in [6, 6.07) is 64.3. The zero-order chi connectivity index (χ0) is 34.9. The standard InChI is InChI=1S/C50H30N2O/c1-3-10-32(11-4-1)43-30-44(52-50(51-43)37-12-5-2-6-13-37)42-29-28-41-39-16-7-8-17-45(39)53-49(41)48(42)36-20-18-31(19-21-36)38-26-24-35-23-22-33-14-9-15-34-25-27-40(38)47(35)46(33)34/h1-30H. The molecule has 11 rings (SSSR count). The molecule has 0 bridgehead atoms. The Morgan fingerprint density at radius 1 is 0.358 bits per heavy atom. The second-order valence-electron chi connectivity index (χ2n) is 13.7. The van der Waals surface area contributed by atoms with Crippen molar-refractivity contribution in [1.29, 1.82) is 0 Å². The maximum atomic E-state index is 6.72. The minimum atomic E-state index is 0.682. The molecule has 0 fully saturated rings. The van der Waals surface area contributed by atoms with E-state index >= 15 is 0 Å². The summed E-state index contributed by atoms with van der Waals surface area (Å²) in [6.45, 7) is 0. The van der Waals surface area contributed by atoms with Gasteiger partial charge >= 0.3 is 0 Å². The lowest BCUT2D eigenvalue weighted by molar-refractivity contribution is 0.670. The summed E-state index contributed by atoms with van der Waals surface area (Å²) >= 11 is 0. The highest BCUT2D eigenvalue weighted by Crippen LogP contribution is 2.44. The molecule has 246 valence electrons. The Bertz CT molecular complexity index is 3070. The molecule has 0 radical (unpaired) electrons. The lowest BCUT2D eigenvalue weighted by atomic mass is 9.89. The molecule has 53 heavy (non-hydrogen) atoms. The van der Waals surface area contributed by atoms with Gasteiger partial charge in [-0.3, -0.25) is 0 Å². The van der Waals surface area contributed by atoms with Gasteiger partial charge in [-0.15, -0.1) is 0 Å². The van der Waals surface area contributed by atoms with Crippen LogP contribution in [0.15, 0.2) is 186 Å². The van der Waals surface area contributed by atoms with E-state index in [2.05, 4.69) is 133 Å². The number of hydrogen-bond donors (Lipinski definition) is 0. The summed E-state index contributed by atoms with van der Waals surface area (Å²) in [5.41, 5.74) is 10.9. The largest absolute Gasteiger partial charge is 0.455 e. The van der Waals surface area contributed by atoms with Crippen molar-refractivity contribution in [1.82, 2.24) is 9.97 Å². The molecule has 3 nitrogen and oxygen atoms in total. The van der Waals surface area contributed by atoms with Crippen molar-refractivity contribution in [2.75, 3.05) is 0 Å². The molecule has 0 unspecified atom stereocenters. The second kappa shape index (κ2) is 11.7. The molecule has 0 amide bonds. The van der Waals surface area contributed by atoms with Crippen LogP contribution in [-0.4, -0.2) is 9.97 Å².